The third-order valence-corrected chi connectivity index (χ3v) is 5.39. The van der Waals surface area contributed by atoms with E-state index in [4.69, 9.17) is 5.73 Å². The zero-order valence-electron chi connectivity index (χ0n) is 17.8. The van der Waals surface area contributed by atoms with Crippen molar-refractivity contribution in [2.45, 2.75) is 32.9 Å². The number of rotatable bonds is 5. The van der Waals surface area contributed by atoms with E-state index in [-0.39, 0.29) is 19.5 Å². The number of nitrogens with one attached hydrogen (secondary N) is 1. The average Bonchev–Trinajstić information content (AvgIpc) is 2.70. The molecule has 3 N–H and O–H groups in total. The fraction of sp³-hybridized carbons (Fsp3) is 0.250. The summed E-state index contributed by atoms with van der Waals surface area (Å²) < 4.78 is 25.8. The number of nitrogens with two attached hydrogens (primary N) is 1. The van der Waals surface area contributed by atoms with Gasteiger partial charge in [0, 0.05) is 19.5 Å². The maximum absolute atomic E-state index is 11.6. The molecule has 0 aliphatic carbocycles. The van der Waals surface area contributed by atoms with Gasteiger partial charge in [0.15, 0.2) is 0 Å². The number of hydrogen-bond acceptors (Lipinski definition) is 3. The van der Waals surface area contributed by atoms with Crippen LogP contribution in [0.1, 0.15) is 39.9 Å². The number of hydrogen-bond donors (Lipinski definition) is 2. The van der Waals surface area contributed by atoms with Gasteiger partial charge in [-0.2, -0.15) is 0 Å². The first-order valence-electron chi connectivity index (χ1n) is 9.54. The van der Waals surface area contributed by atoms with E-state index in [1.807, 2.05) is 60.7 Å². The van der Waals surface area contributed by atoms with Crippen LogP contribution in [-0.2, 0) is 29.5 Å². The van der Waals surface area contributed by atoms with Crippen LogP contribution >= 0.6 is 0 Å². The molecule has 30 heavy (non-hydrogen) atoms. The van der Waals surface area contributed by atoms with E-state index in [1.165, 1.54) is 16.7 Å². The first-order valence-corrected chi connectivity index (χ1v) is 11.4. The van der Waals surface area contributed by atoms with E-state index in [9.17, 15) is 8.42 Å². The molecule has 0 radical (unpaired) electrons. The fourth-order valence-electron chi connectivity index (χ4n) is 3.00. The molecule has 0 aliphatic rings. The van der Waals surface area contributed by atoms with Gasteiger partial charge in [-0.3, -0.25) is 0 Å². The average molecular weight is 512 g/mol. The summed E-state index contributed by atoms with van der Waals surface area (Å²) in [7, 11) is -3.35. The van der Waals surface area contributed by atoms with Crippen molar-refractivity contribution < 1.29 is 27.9 Å². The van der Waals surface area contributed by atoms with E-state index in [0.29, 0.717) is 0 Å². The van der Waals surface area contributed by atoms with Crippen LogP contribution in [0.15, 0.2) is 78.9 Å². The number of sulfonamides is 1. The van der Waals surface area contributed by atoms with Crippen molar-refractivity contribution in [3.05, 3.63) is 107 Å². The van der Waals surface area contributed by atoms with Crippen molar-refractivity contribution in [2.75, 3.05) is 6.26 Å². The normalized spacial score (nSPS) is 12.7. The molecule has 0 spiro atoms. The van der Waals surface area contributed by atoms with Gasteiger partial charge in [-0.25, -0.2) is 13.1 Å². The second-order valence-electron chi connectivity index (χ2n) is 7.30. The molecule has 162 valence electrons. The van der Waals surface area contributed by atoms with Gasteiger partial charge in [0.25, 0.3) is 0 Å². The number of benzene rings is 3. The molecular weight excluding hydrogens is 481 g/mol. The molecule has 0 aromatic heterocycles. The third-order valence-electron chi connectivity index (χ3n) is 4.71. The van der Waals surface area contributed by atoms with Crippen molar-refractivity contribution in [3.63, 3.8) is 0 Å². The Hall–Kier alpha value is -1.85. The zero-order chi connectivity index (χ0) is 21.4. The quantitative estimate of drug-likeness (QED) is 0.493. The Bertz CT molecular complexity index is 1010. The summed E-state index contributed by atoms with van der Waals surface area (Å²) in [5.74, 6) is 0. The third kappa shape index (κ3) is 8.49. The SMILES string of the molecule is CS(=O)(=O)N[C@H](c1ccccc1)[C@H](N)c1ccccc1.Cc1ccc(C)c(C)c1.[Ru]. The van der Waals surface area contributed by atoms with Crippen molar-refractivity contribution in [3.8, 4) is 0 Å². The van der Waals surface area contributed by atoms with Crippen LogP contribution in [0.5, 0.6) is 0 Å². The van der Waals surface area contributed by atoms with Gasteiger partial charge in [0.2, 0.25) is 10.0 Å². The molecule has 0 unspecified atom stereocenters. The molecule has 0 fully saturated rings. The topological polar surface area (TPSA) is 72.2 Å². The van der Waals surface area contributed by atoms with Crippen molar-refractivity contribution in [1.29, 1.82) is 0 Å². The van der Waals surface area contributed by atoms with Gasteiger partial charge in [-0.1, -0.05) is 84.4 Å². The van der Waals surface area contributed by atoms with Crippen LogP contribution in [-0.4, -0.2) is 14.7 Å². The van der Waals surface area contributed by atoms with Crippen LogP contribution in [0, 0.1) is 20.8 Å². The molecule has 0 saturated heterocycles. The Morgan fingerprint density at radius 3 is 1.70 bits per heavy atom. The minimum atomic E-state index is -3.35. The minimum Gasteiger partial charge on any atom is -0.322 e. The summed E-state index contributed by atoms with van der Waals surface area (Å²) in [5, 5.41) is 0. The maximum Gasteiger partial charge on any atom is 0.209 e. The summed E-state index contributed by atoms with van der Waals surface area (Å²) in [6.07, 6.45) is 1.14. The molecule has 4 nitrogen and oxygen atoms in total. The van der Waals surface area contributed by atoms with Crippen LogP contribution < -0.4 is 10.5 Å². The Morgan fingerprint density at radius 2 is 1.27 bits per heavy atom. The Balaban J connectivity index is 0.000000379. The van der Waals surface area contributed by atoms with Gasteiger partial charge in [-0.05, 0) is 43.0 Å². The molecule has 3 rings (SSSR count). The summed E-state index contributed by atoms with van der Waals surface area (Å²) in [6.45, 7) is 6.39. The molecule has 0 heterocycles. The molecule has 0 amide bonds. The molecule has 2 atom stereocenters. The van der Waals surface area contributed by atoms with Crippen LogP contribution in [0.25, 0.3) is 0 Å². The first-order chi connectivity index (χ1) is 13.7. The predicted molar refractivity (Wildman–Crippen MR) is 121 cm³/mol. The van der Waals surface area contributed by atoms with E-state index in [0.717, 1.165) is 17.4 Å². The zero-order valence-corrected chi connectivity index (χ0v) is 20.4. The van der Waals surface area contributed by atoms with Gasteiger partial charge in [0.05, 0.1) is 18.3 Å². The Kier molecular flexibility index (Phi) is 10.6. The van der Waals surface area contributed by atoms with E-state index >= 15 is 0 Å². The molecule has 3 aromatic carbocycles. The second kappa shape index (κ2) is 12.1. The van der Waals surface area contributed by atoms with E-state index < -0.39 is 22.1 Å². The smallest absolute Gasteiger partial charge is 0.209 e. The minimum absolute atomic E-state index is 0. The molecular formula is C24H30N2O2RuS. The molecule has 0 bridgehead atoms. The van der Waals surface area contributed by atoms with Crippen LogP contribution in [0.3, 0.4) is 0 Å². The molecule has 3 aromatic rings. The summed E-state index contributed by atoms with van der Waals surface area (Å²) >= 11 is 0. The van der Waals surface area contributed by atoms with Crippen molar-refractivity contribution in [2.24, 2.45) is 5.73 Å². The predicted octanol–water partition coefficient (Wildman–Crippen LogP) is 4.59. The molecule has 6 heteroatoms. The van der Waals surface area contributed by atoms with E-state index in [2.05, 4.69) is 43.7 Å². The van der Waals surface area contributed by atoms with Gasteiger partial charge < -0.3 is 5.73 Å². The Labute approximate surface area is 193 Å². The summed E-state index contributed by atoms with van der Waals surface area (Å²) in [5.41, 5.74) is 12.1. The van der Waals surface area contributed by atoms with Crippen LogP contribution in [0.2, 0.25) is 0 Å². The number of aryl methyl sites for hydroxylation is 3. The van der Waals surface area contributed by atoms with Gasteiger partial charge >= 0.3 is 0 Å². The van der Waals surface area contributed by atoms with E-state index in [1.54, 1.807) is 0 Å². The van der Waals surface area contributed by atoms with Gasteiger partial charge in [0.1, 0.15) is 0 Å². The second-order valence-corrected chi connectivity index (χ2v) is 9.08. The summed E-state index contributed by atoms with van der Waals surface area (Å²) in [6, 6.07) is 24.4. The van der Waals surface area contributed by atoms with Crippen molar-refractivity contribution >= 4 is 10.0 Å². The maximum atomic E-state index is 11.6. The van der Waals surface area contributed by atoms with Crippen molar-refractivity contribution in [1.82, 2.24) is 4.72 Å². The monoisotopic (exact) mass is 512 g/mol. The summed E-state index contributed by atoms with van der Waals surface area (Å²) in [4.78, 5) is 0. The first kappa shape index (κ1) is 26.2. The molecule has 0 saturated carbocycles. The standard InChI is InChI=1S/C15H18N2O2S.C9H12.Ru/c1-20(18,19)17-15(13-10-6-3-7-11-13)14(16)12-8-4-2-5-9-12;1-7-4-5-8(2)9(3)6-7;/h2-11,14-15,17H,16H2,1H3;4-6H,1-3H3;/t14-,15-;;/m1../s1. The van der Waals surface area contributed by atoms with Gasteiger partial charge in [-0.15, -0.1) is 0 Å². The largest absolute Gasteiger partial charge is 0.322 e. The van der Waals surface area contributed by atoms with Crippen LogP contribution in [0.4, 0.5) is 0 Å². The fourth-order valence-corrected chi connectivity index (χ4v) is 3.74. The molecule has 0 aliphatic heterocycles. The Morgan fingerprint density at radius 1 is 0.767 bits per heavy atom.